The number of anilines is 1. The van der Waals surface area contributed by atoms with Gasteiger partial charge in [-0.15, -0.1) is 0 Å². The van der Waals surface area contributed by atoms with Gasteiger partial charge in [-0.05, 0) is 78.9 Å². The Bertz CT molecular complexity index is 1240. The van der Waals surface area contributed by atoms with E-state index in [0.717, 1.165) is 22.4 Å². The molecule has 3 rings (SSSR count). The predicted molar refractivity (Wildman–Crippen MR) is 131 cm³/mol. The van der Waals surface area contributed by atoms with Gasteiger partial charge in [0.1, 0.15) is 5.75 Å². The maximum absolute atomic E-state index is 13.0. The summed E-state index contributed by atoms with van der Waals surface area (Å²) >= 11 is 0. The average Bonchev–Trinajstić information content (AvgIpc) is 2.79. The third kappa shape index (κ3) is 5.73. The molecule has 0 aliphatic heterocycles. The first-order valence-corrected chi connectivity index (χ1v) is 12.3. The van der Waals surface area contributed by atoms with Crippen molar-refractivity contribution in [2.45, 2.75) is 44.6 Å². The molecule has 2 N–H and O–H groups in total. The number of benzene rings is 3. The number of amides is 1. The summed E-state index contributed by atoms with van der Waals surface area (Å²) in [6, 6.07) is 18.4. The fraction of sp³-hybridized carbons (Fsp3) is 0.269. The molecular weight excluding hydrogens is 436 g/mol. The van der Waals surface area contributed by atoms with E-state index in [2.05, 4.69) is 30.0 Å². The molecule has 0 fully saturated rings. The summed E-state index contributed by atoms with van der Waals surface area (Å²) in [6.45, 7) is 8.12. The van der Waals surface area contributed by atoms with Crippen molar-refractivity contribution >= 4 is 21.6 Å². The number of rotatable bonds is 8. The maximum atomic E-state index is 13.0. The van der Waals surface area contributed by atoms with Crippen molar-refractivity contribution in [3.8, 4) is 5.75 Å². The van der Waals surface area contributed by atoms with Crippen molar-refractivity contribution in [1.29, 1.82) is 0 Å². The van der Waals surface area contributed by atoms with E-state index in [9.17, 15) is 13.2 Å². The predicted octanol–water partition coefficient (Wildman–Crippen LogP) is 5.42. The summed E-state index contributed by atoms with van der Waals surface area (Å²) < 4.78 is 33.2. The molecule has 0 heterocycles. The Labute approximate surface area is 196 Å². The normalized spacial score (nSPS) is 12.3. The molecule has 1 atom stereocenters. The van der Waals surface area contributed by atoms with E-state index >= 15 is 0 Å². The van der Waals surface area contributed by atoms with Crippen LogP contribution < -0.4 is 14.8 Å². The van der Waals surface area contributed by atoms with E-state index in [1.165, 1.54) is 18.2 Å². The monoisotopic (exact) mass is 466 g/mol. The maximum Gasteiger partial charge on any atom is 0.261 e. The Morgan fingerprint density at radius 3 is 2.24 bits per heavy atom. The lowest BCUT2D eigenvalue weighted by Crippen LogP contribution is -2.27. The first kappa shape index (κ1) is 24.3. The molecule has 0 saturated carbocycles. The van der Waals surface area contributed by atoms with Gasteiger partial charge in [-0.3, -0.25) is 9.52 Å². The van der Waals surface area contributed by atoms with Crippen LogP contribution in [0.5, 0.6) is 5.75 Å². The van der Waals surface area contributed by atoms with Crippen LogP contribution in [0, 0.1) is 6.92 Å². The number of carbonyl (C=O) groups is 1. The highest BCUT2D eigenvalue weighted by Crippen LogP contribution is 2.32. The van der Waals surface area contributed by atoms with Crippen LogP contribution >= 0.6 is 0 Å². The molecule has 0 aromatic heterocycles. The second kappa shape index (κ2) is 10.1. The number of ether oxygens (including phenoxy) is 1. The van der Waals surface area contributed by atoms with Gasteiger partial charge in [0, 0.05) is 11.3 Å². The van der Waals surface area contributed by atoms with Crippen LogP contribution in [-0.4, -0.2) is 21.4 Å². The van der Waals surface area contributed by atoms with Crippen molar-refractivity contribution in [2.75, 3.05) is 11.8 Å². The molecule has 0 saturated heterocycles. The quantitative estimate of drug-likeness (QED) is 0.464. The summed E-state index contributed by atoms with van der Waals surface area (Å²) in [5.41, 5.74) is 3.80. The molecule has 0 spiro atoms. The van der Waals surface area contributed by atoms with Crippen molar-refractivity contribution in [3.05, 3.63) is 89.0 Å². The summed E-state index contributed by atoms with van der Waals surface area (Å²) in [7, 11) is -2.08. The minimum atomic E-state index is -3.74. The van der Waals surface area contributed by atoms with Crippen molar-refractivity contribution in [2.24, 2.45) is 0 Å². The summed E-state index contributed by atoms with van der Waals surface area (Å²) in [6.07, 6.45) is 0. The van der Waals surface area contributed by atoms with Crippen LogP contribution in [0.1, 0.15) is 59.8 Å². The highest BCUT2D eigenvalue weighted by molar-refractivity contribution is 7.92. The highest BCUT2D eigenvalue weighted by Gasteiger charge is 2.19. The minimum Gasteiger partial charge on any atom is -0.496 e. The second-order valence-corrected chi connectivity index (χ2v) is 9.98. The van der Waals surface area contributed by atoms with Gasteiger partial charge in [0.15, 0.2) is 0 Å². The lowest BCUT2D eigenvalue weighted by Gasteiger charge is -2.21. The van der Waals surface area contributed by atoms with Gasteiger partial charge in [0.25, 0.3) is 15.9 Å². The number of carbonyl (C=O) groups excluding carboxylic acids is 1. The minimum absolute atomic E-state index is 0.157. The second-order valence-electron chi connectivity index (χ2n) is 8.30. The van der Waals surface area contributed by atoms with Gasteiger partial charge in [0.2, 0.25) is 0 Å². The summed E-state index contributed by atoms with van der Waals surface area (Å²) in [5, 5.41) is 3.02. The zero-order valence-electron chi connectivity index (χ0n) is 19.5. The van der Waals surface area contributed by atoms with Gasteiger partial charge in [-0.1, -0.05) is 38.1 Å². The average molecular weight is 467 g/mol. The number of aryl methyl sites for hydroxylation is 1. The third-order valence-corrected chi connectivity index (χ3v) is 6.88. The smallest absolute Gasteiger partial charge is 0.261 e. The number of methoxy groups -OCH3 is 1. The summed E-state index contributed by atoms with van der Waals surface area (Å²) in [5.74, 6) is 0.823. The van der Waals surface area contributed by atoms with Gasteiger partial charge in [0.05, 0.1) is 18.0 Å². The zero-order valence-corrected chi connectivity index (χ0v) is 20.4. The lowest BCUT2D eigenvalue weighted by molar-refractivity contribution is 0.0940. The van der Waals surface area contributed by atoms with Crippen LogP contribution in [0.3, 0.4) is 0 Å². The Hall–Kier alpha value is -3.32. The van der Waals surface area contributed by atoms with E-state index in [1.54, 1.807) is 43.5 Å². The van der Waals surface area contributed by atoms with Crippen molar-refractivity contribution < 1.29 is 17.9 Å². The van der Waals surface area contributed by atoms with Crippen LogP contribution in [0.15, 0.2) is 71.6 Å². The molecule has 0 aliphatic carbocycles. The van der Waals surface area contributed by atoms with E-state index in [1.807, 2.05) is 19.9 Å². The SMILES string of the molecule is COc1cc(C)c([C@@H](C)NC(=O)c2cccc(NS(=O)(=O)c3ccccc3)c2)cc1C(C)C. The fourth-order valence-corrected chi connectivity index (χ4v) is 4.78. The Kier molecular flexibility index (Phi) is 7.43. The first-order valence-electron chi connectivity index (χ1n) is 10.8. The molecule has 7 heteroatoms. The van der Waals surface area contributed by atoms with Gasteiger partial charge < -0.3 is 10.1 Å². The third-order valence-electron chi connectivity index (χ3n) is 5.48. The van der Waals surface area contributed by atoms with Crippen LogP contribution in [0.2, 0.25) is 0 Å². The number of sulfonamides is 1. The first-order chi connectivity index (χ1) is 15.6. The van der Waals surface area contributed by atoms with Crippen LogP contribution in [-0.2, 0) is 10.0 Å². The highest BCUT2D eigenvalue weighted by atomic mass is 32.2. The molecule has 1 amide bonds. The van der Waals surface area contributed by atoms with E-state index in [4.69, 9.17) is 4.74 Å². The van der Waals surface area contributed by atoms with E-state index < -0.39 is 10.0 Å². The fourth-order valence-electron chi connectivity index (χ4n) is 3.71. The summed E-state index contributed by atoms with van der Waals surface area (Å²) in [4.78, 5) is 13.1. The van der Waals surface area contributed by atoms with E-state index in [0.29, 0.717) is 11.3 Å². The Balaban J connectivity index is 1.79. The van der Waals surface area contributed by atoms with Crippen LogP contribution in [0.25, 0.3) is 0 Å². The molecule has 0 radical (unpaired) electrons. The molecule has 6 nitrogen and oxygen atoms in total. The number of nitrogens with one attached hydrogen (secondary N) is 2. The molecular formula is C26H30N2O4S. The van der Waals surface area contributed by atoms with Gasteiger partial charge in [-0.2, -0.15) is 0 Å². The molecule has 0 unspecified atom stereocenters. The molecule has 0 aliphatic rings. The molecule has 174 valence electrons. The van der Waals surface area contributed by atoms with E-state index in [-0.39, 0.29) is 22.8 Å². The topological polar surface area (TPSA) is 84.5 Å². The van der Waals surface area contributed by atoms with Crippen LogP contribution in [0.4, 0.5) is 5.69 Å². The molecule has 3 aromatic carbocycles. The lowest BCUT2D eigenvalue weighted by atomic mass is 9.93. The molecule has 3 aromatic rings. The van der Waals surface area contributed by atoms with Gasteiger partial charge in [-0.25, -0.2) is 8.42 Å². The molecule has 0 bridgehead atoms. The molecule has 33 heavy (non-hydrogen) atoms. The Morgan fingerprint density at radius 2 is 1.61 bits per heavy atom. The number of hydrogen-bond donors (Lipinski definition) is 2. The zero-order chi connectivity index (χ0) is 24.2. The van der Waals surface area contributed by atoms with Crippen molar-refractivity contribution in [3.63, 3.8) is 0 Å². The number of hydrogen-bond acceptors (Lipinski definition) is 4. The Morgan fingerprint density at radius 1 is 0.909 bits per heavy atom. The van der Waals surface area contributed by atoms with Gasteiger partial charge >= 0.3 is 0 Å². The standard InChI is InChI=1S/C26H30N2O4S/c1-17(2)23-16-24(18(3)14-25(23)32-5)19(4)27-26(29)20-10-9-11-21(15-20)28-33(30,31)22-12-7-6-8-13-22/h6-17,19,28H,1-5H3,(H,27,29)/t19-/m1/s1. The largest absolute Gasteiger partial charge is 0.496 e. The van der Waals surface area contributed by atoms with Crippen molar-refractivity contribution in [1.82, 2.24) is 5.32 Å².